The molecule has 1 rings (SSSR count). The molecule has 1 aromatic carbocycles. The lowest BCUT2D eigenvalue weighted by Crippen LogP contribution is -1.91. The molecule has 0 saturated heterocycles. The third kappa shape index (κ3) is 1.50. The van der Waals surface area contributed by atoms with Crippen LogP contribution in [-0.4, -0.2) is 5.11 Å². The predicted molar refractivity (Wildman–Crippen MR) is 52.2 cm³/mol. The van der Waals surface area contributed by atoms with Gasteiger partial charge in [0.1, 0.15) is 5.76 Å². The molecular formula is C11H14O. The normalized spacial score (nSPS) is 11.8. The summed E-state index contributed by atoms with van der Waals surface area (Å²) < 4.78 is 0. The molecule has 0 saturated carbocycles. The van der Waals surface area contributed by atoms with Crippen LogP contribution in [0.3, 0.4) is 0 Å². The summed E-state index contributed by atoms with van der Waals surface area (Å²) in [5.74, 6) is 0.366. The van der Waals surface area contributed by atoms with Gasteiger partial charge in [-0.05, 0) is 38.0 Å². The van der Waals surface area contributed by atoms with E-state index in [2.05, 4.69) is 0 Å². The smallest absolute Gasteiger partial charge is 0.119 e. The standard InChI is InChI=1S/C11H14O/c1-4-10(12)11-8(2)6-5-7-9(11)3/h4-7,12H,1-3H3. The molecule has 0 aliphatic carbocycles. The molecule has 0 radical (unpaired) electrons. The van der Waals surface area contributed by atoms with Crippen LogP contribution in [-0.2, 0) is 0 Å². The number of allylic oxidation sites excluding steroid dienone is 1. The highest BCUT2D eigenvalue weighted by molar-refractivity contribution is 5.64. The maximum atomic E-state index is 9.55. The first-order valence-electron chi connectivity index (χ1n) is 4.08. The Balaban J connectivity index is 3.31. The number of hydrogen-bond acceptors (Lipinski definition) is 1. The summed E-state index contributed by atoms with van der Waals surface area (Å²) in [5.41, 5.74) is 3.19. The average molecular weight is 162 g/mol. The van der Waals surface area contributed by atoms with E-state index in [1.54, 1.807) is 6.08 Å². The van der Waals surface area contributed by atoms with Crippen molar-refractivity contribution in [1.29, 1.82) is 0 Å². The van der Waals surface area contributed by atoms with Gasteiger partial charge in [0.05, 0.1) is 0 Å². The zero-order chi connectivity index (χ0) is 9.14. The van der Waals surface area contributed by atoms with Crippen LogP contribution in [0, 0.1) is 13.8 Å². The van der Waals surface area contributed by atoms with E-state index < -0.39 is 0 Å². The molecule has 0 atom stereocenters. The van der Waals surface area contributed by atoms with Crippen LogP contribution in [0.1, 0.15) is 23.6 Å². The largest absolute Gasteiger partial charge is 0.508 e. The second-order valence-corrected chi connectivity index (χ2v) is 2.94. The predicted octanol–water partition coefficient (Wildman–Crippen LogP) is 3.22. The van der Waals surface area contributed by atoms with Crippen LogP contribution >= 0.6 is 0 Å². The Bertz CT molecular complexity index is 291. The van der Waals surface area contributed by atoms with Gasteiger partial charge >= 0.3 is 0 Å². The van der Waals surface area contributed by atoms with E-state index in [9.17, 15) is 5.11 Å². The molecule has 1 nitrogen and oxygen atoms in total. The second-order valence-electron chi connectivity index (χ2n) is 2.94. The summed E-state index contributed by atoms with van der Waals surface area (Å²) in [6, 6.07) is 6.00. The Kier molecular flexibility index (Phi) is 2.54. The van der Waals surface area contributed by atoms with Gasteiger partial charge in [0, 0.05) is 5.56 Å². The molecule has 0 aliphatic rings. The van der Waals surface area contributed by atoms with Gasteiger partial charge in [-0.15, -0.1) is 0 Å². The van der Waals surface area contributed by atoms with Crippen molar-refractivity contribution in [2.45, 2.75) is 20.8 Å². The summed E-state index contributed by atoms with van der Waals surface area (Å²) >= 11 is 0. The minimum atomic E-state index is 0.366. The van der Waals surface area contributed by atoms with Crippen molar-refractivity contribution in [3.63, 3.8) is 0 Å². The molecule has 0 aliphatic heterocycles. The summed E-state index contributed by atoms with van der Waals surface area (Å²) in [4.78, 5) is 0. The summed E-state index contributed by atoms with van der Waals surface area (Å²) in [6.45, 7) is 5.84. The fourth-order valence-corrected chi connectivity index (χ4v) is 1.36. The minimum absolute atomic E-state index is 0.366. The Morgan fingerprint density at radius 1 is 1.25 bits per heavy atom. The molecule has 0 fully saturated rings. The maximum Gasteiger partial charge on any atom is 0.119 e. The van der Waals surface area contributed by atoms with Crippen molar-refractivity contribution in [3.05, 3.63) is 41.0 Å². The lowest BCUT2D eigenvalue weighted by molar-refractivity contribution is 0.510. The first-order valence-corrected chi connectivity index (χ1v) is 4.08. The van der Waals surface area contributed by atoms with E-state index in [0.29, 0.717) is 5.76 Å². The minimum Gasteiger partial charge on any atom is -0.508 e. The van der Waals surface area contributed by atoms with Gasteiger partial charge in [0.2, 0.25) is 0 Å². The van der Waals surface area contributed by atoms with E-state index >= 15 is 0 Å². The molecule has 12 heavy (non-hydrogen) atoms. The molecule has 1 heteroatoms. The third-order valence-electron chi connectivity index (χ3n) is 2.01. The second kappa shape index (κ2) is 3.44. The number of rotatable bonds is 1. The van der Waals surface area contributed by atoms with Gasteiger partial charge in [0.15, 0.2) is 0 Å². The molecule has 1 N–H and O–H groups in total. The molecule has 0 amide bonds. The van der Waals surface area contributed by atoms with Crippen LogP contribution in [0.2, 0.25) is 0 Å². The Morgan fingerprint density at radius 2 is 1.75 bits per heavy atom. The molecule has 0 bridgehead atoms. The Morgan fingerprint density at radius 3 is 2.17 bits per heavy atom. The monoisotopic (exact) mass is 162 g/mol. The Hall–Kier alpha value is -1.24. The van der Waals surface area contributed by atoms with Gasteiger partial charge in [-0.2, -0.15) is 0 Å². The van der Waals surface area contributed by atoms with Crippen LogP contribution in [0.25, 0.3) is 5.76 Å². The van der Waals surface area contributed by atoms with Crippen molar-refractivity contribution in [2.24, 2.45) is 0 Å². The summed E-state index contributed by atoms with van der Waals surface area (Å²) in [7, 11) is 0. The topological polar surface area (TPSA) is 20.2 Å². The number of benzene rings is 1. The molecular weight excluding hydrogens is 148 g/mol. The zero-order valence-electron chi connectivity index (χ0n) is 7.76. The number of hydrogen-bond donors (Lipinski definition) is 1. The highest BCUT2D eigenvalue weighted by atomic mass is 16.3. The summed E-state index contributed by atoms with van der Waals surface area (Å²) in [6.07, 6.45) is 1.72. The quantitative estimate of drug-likeness (QED) is 0.628. The van der Waals surface area contributed by atoms with Crippen molar-refractivity contribution >= 4 is 5.76 Å². The van der Waals surface area contributed by atoms with E-state index in [4.69, 9.17) is 0 Å². The van der Waals surface area contributed by atoms with Gasteiger partial charge in [-0.25, -0.2) is 0 Å². The van der Waals surface area contributed by atoms with Gasteiger partial charge in [-0.3, -0.25) is 0 Å². The van der Waals surface area contributed by atoms with Gasteiger partial charge < -0.3 is 5.11 Å². The maximum absolute atomic E-state index is 9.55. The number of aryl methyl sites for hydroxylation is 2. The fraction of sp³-hybridized carbons (Fsp3) is 0.273. The van der Waals surface area contributed by atoms with Gasteiger partial charge in [-0.1, -0.05) is 18.2 Å². The van der Waals surface area contributed by atoms with Crippen molar-refractivity contribution in [2.75, 3.05) is 0 Å². The van der Waals surface area contributed by atoms with Crippen LogP contribution in [0.5, 0.6) is 0 Å². The molecule has 0 spiro atoms. The molecule has 1 aromatic rings. The third-order valence-corrected chi connectivity index (χ3v) is 2.01. The highest BCUT2D eigenvalue weighted by Gasteiger charge is 2.04. The van der Waals surface area contributed by atoms with Crippen molar-refractivity contribution in [3.8, 4) is 0 Å². The van der Waals surface area contributed by atoms with Crippen molar-refractivity contribution < 1.29 is 5.11 Å². The van der Waals surface area contributed by atoms with Crippen LogP contribution < -0.4 is 0 Å². The molecule has 0 heterocycles. The van der Waals surface area contributed by atoms with Crippen molar-refractivity contribution in [1.82, 2.24) is 0 Å². The molecule has 0 aromatic heterocycles. The number of aliphatic hydroxyl groups excluding tert-OH is 1. The van der Waals surface area contributed by atoms with Crippen LogP contribution in [0.4, 0.5) is 0 Å². The summed E-state index contributed by atoms with van der Waals surface area (Å²) in [5, 5.41) is 9.55. The Labute approximate surface area is 73.4 Å². The van der Waals surface area contributed by atoms with E-state index in [1.165, 1.54) is 0 Å². The van der Waals surface area contributed by atoms with E-state index in [1.807, 2.05) is 39.0 Å². The zero-order valence-corrected chi connectivity index (χ0v) is 7.76. The SMILES string of the molecule is CC=C(O)c1c(C)cccc1C. The number of aliphatic hydroxyl groups is 1. The fourth-order valence-electron chi connectivity index (χ4n) is 1.36. The lowest BCUT2D eigenvalue weighted by Gasteiger charge is -2.07. The molecule has 0 unspecified atom stereocenters. The molecule has 64 valence electrons. The lowest BCUT2D eigenvalue weighted by atomic mass is 10.0. The highest BCUT2D eigenvalue weighted by Crippen LogP contribution is 2.20. The first kappa shape index (κ1) is 8.85. The van der Waals surface area contributed by atoms with Gasteiger partial charge in [0.25, 0.3) is 0 Å². The first-order chi connectivity index (χ1) is 5.66. The van der Waals surface area contributed by atoms with E-state index in [-0.39, 0.29) is 0 Å². The van der Waals surface area contributed by atoms with Crippen LogP contribution in [0.15, 0.2) is 24.3 Å². The van der Waals surface area contributed by atoms with E-state index in [0.717, 1.165) is 16.7 Å². The average Bonchev–Trinajstić information content (AvgIpc) is 2.03.